The maximum absolute atomic E-state index is 11.7. The van der Waals surface area contributed by atoms with Gasteiger partial charge >= 0.3 is 0 Å². The van der Waals surface area contributed by atoms with E-state index in [1.54, 1.807) is 17.9 Å². The third-order valence-electron chi connectivity index (χ3n) is 3.15. The van der Waals surface area contributed by atoms with E-state index in [4.69, 9.17) is 0 Å². The SMILES string of the molecule is CC(=O)c1ccc(N2CCN(C)C(=O)C2)cc1Br. The molecule has 0 atom stereocenters. The molecular weight excluding hydrogens is 296 g/mol. The highest BCUT2D eigenvalue weighted by Crippen LogP contribution is 2.25. The highest BCUT2D eigenvalue weighted by molar-refractivity contribution is 9.10. The fourth-order valence-corrected chi connectivity index (χ4v) is 2.61. The molecule has 0 radical (unpaired) electrons. The van der Waals surface area contributed by atoms with Crippen LogP contribution in [0.5, 0.6) is 0 Å². The molecule has 0 spiro atoms. The van der Waals surface area contributed by atoms with Crippen molar-refractivity contribution in [1.29, 1.82) is 0 Å². The molecule has 4 nitrogen and oxygen atoms in total. The number of halogens is 1. The maximum atomic E-state index is 11.7. The average molecular weight is 311 g/mol. The summed E-state index contributed by atoms with van der Waals surface area (Å²) in [6.45, 7) is 3.47. The lowest BCUT2D eigenvalue weighted by atomic mass is 10.1. The molecule has 1 fully saturated rings. The lowest BCUT2D eigenvalue weighted by Crippen LogP contribution is -2.48. The van der Waals surface area contributed by atoms with Gasteiger partial charge in [-0.05, 0) is 41.1 Å². The molecule has 1 amide bonds. The van der Waals surface area contributed by atoms with Crippen LogP contribution in [0.25, 0.3) is 0 Å². The van der Waals surface area contributed by atoms with Gasteiger partial charge in [0.1, 0.15) is 0 Å². The molecule has 18 heavy (non-hydrogen) atoms. The van der Waals surface area contributed by atoms with E-state index >= 15 is 0 Å². The second-order valence-corrected chi connectivity index (χ2v) is 5.31. The largest absolute Gasteiger partial charge is 0.360 e. The lowest BCUT2D eigenvalue weighted by Gasteiger charge is -2.33. The quantitative estimate of drug-likeness (QED) is 0.784. The van der Waals surface area contributed by atoms with Gasteiger partial charge in [-0.2, -0.15) is 0 Å². The smallest absolute Gasteiger partial charge is 0.241 e. The molecule has 5 heteroatoms. The highest BCUT2D eigenvalue weighted by atomic mass is 79.9. The Balaban J connectivity index is 2.22. The van der Waals surface area contributed by atoms with Crippen LogP contribution in [0.2, 0.25) is 0 Å². The van der Waals surface area contributed by atoms with Crippen molar-refractivity contribution in [3.05, 3.63) is 28.2 Å². The summed E-state index contributed by atoms with van der Waals surface area (Å²) < 4.78 is 0.777. The van der Waals surface area contributed by atoms with E-state index in [-0.39, 0.29) is 11.7 Å². The summed E-state index contributed by atoms with van der Waals surface area (Å²) >= 11 is 3.40. The topological polar surface area (TPSA) is 40.6 Å². The fourth-order valence-electron chi connectivity index (χ4n) is 1.97. The first-order valence-electron chi connectivity index (χ1n) is 5.78. The number of carbonyl (C=O) groups is 2. The molecule has 1 heterocycles. The van der Waals surface area contributed by atoms with Gasteiger partial charge in [-0.1, -0.05) is 0 Å². The zero-order chi connectivity index (χ0) is 13.3. The number of rotatable bonds is 2. The minimum absolute atomic E-state index is 0.0304. The van der Waals surface area contributed by atoms with Gasteiger partial charge in [-0.3, -0.25) is 9.59 Å². The van der Waals surface area contributed by atoms with Crippen molar-refractivity contribution >= 4 is 33.3 Å². The molecule has 0 unspecified atom stereocenters. The Morgan fingerprint density at radius 3 is 2.61 bits per heavy atom. The Labute approximate surface area is 115 Å². The summed E-state index contributed by atoms with van der Waals surface area (Å²) in [6, 6.07) is 5.58. The van der Waals surface area contributed by atoms with Crippen molar-refractivity contribution in [2.75, 3.05) is 31.6 Å². The van der Waals surface area contributed by atoms with Crippen LogP contribution < -0.4 is 4.90 Å². The van der Waals surface area contributed by atoms with Crippen LogP contribution in [-0.4, -0.2) is 43.3 Å². The Morgan fingerprint density at radius 2 is 2.06 bits per heavy atom. The van der Waals surface area contributed by atoms with E-state index in [2.05, 4.69) is 15.9 Å². The Bertz CT molecular complexity index is 502. The van der Waals surface area contributed by atoms with Crippen LogP contribution >= 0.6 is 15.9 Å². The Hall–Kier alpha value is -1.36. The van der Waals surface area contributed by atoms with E-state index in [9.17, 15) is 9.59 Å². The number of carbonyl (C=O) groups excluding carboxylic acids is 2. The predicted octanol–water partition coefficient (Wildman–Crippen LogP) is 1.93. The first kappa shape index (κ1) is 13.1. The second kappa shape index (κ2) is 5.10. The Morgan fingerprint density at radius 1 is 1.33 bits per heavy atom. The summed E-state index contributed by atoms with van der Waals surface area (Å²) in [4.78, 5) is 26.8. The molecule has 1 aromatic rings. The first-order chi connectivity index (χ1) is 8.49. The first-order valence-corrected chi connectivity index (χ1v) is 6.57. The molecule has 1 aromatic carbocycles. The number of ketones is 1. The minimum atomic E-state index is 0.0304. The van der Waals surface area contributed by atoms with Crippen LogP contribution in [0.3, 0.4) is 0 Å². The van der Waals surface area contributed by atoms with Gasteiger partial charge in [0, 0.05) is 35.9 Å². The highest BCUT2D eigenvalue weighted by Gasteiger charge is 2.21. The van der Waals surface area contributed by atoms with E-state index in [0.29, 0.717) is 12.1 Å². The van der Waals surface area contributed by atoms with Crippen LogP contribution in [0.15, 0.2) is 22.7 Å². The summed E-state index contributed by atoms with van der Waals surface area (Å²) in [7, 11) is 1.81. The summed E-state index contributed by atoms with van der Waals surface area (Å²) in [5.41, 5.74) is 1.63. The number of Topliss-reactive ketones (excluding diaryl/α,β-unsaturated/α-hetero) is 1. The van der Waals surface area contributed by atoms with Gasteiger partial charge in [0.25, 0.3) is 0 Å². The van der Waals surface area contributed by atoms with Crippen LogP contribution in [0.4, 0.5) is 5.69 Å². The van der Waals surface area contributed by atoms with E-state index in [1.165, 1.54) is 0 Å². The molecule has 2 rings (SSSR count). The number of likely N-dealkylation sites (N-methyl/N-ethyl adjacent to an activating group) is 1. The Kier molecular flexibility index (Phi) is 3.71. The number of piperazine rings is 1. The molecule has 0 saturated carbocycles. The van der Waals surface area contributed by atoms with E-state index in [0.717, 1.165) is 23.2 Å². The average Bonchev–Trinajstić information content (AvgIpc) is 2.32. The van der Waals surface area contributed by atoms with Crippen molar-refractivity contribution < 1.29 is 9.59 Å². The van der Waals surface area contributed by atoms with Crippen molar-refractivity contribution in [3.63, 3.8) is 0 Å². The van der Waals surface area contributed by atoms with Crippen molar-refractivity contribution in [2.24, 2.45) is 0 Å². The number of anilines is 1. The molecular formula is C13H15BrN2O2. The van der Waals surface area contributed by atoms with Gasteiger partial charge < -0.3 is 9.80 Å². The number of nitrogens with zero attached hydrogens (tertiary/aromatic N) is 2. The van der Waals surface area contributed by atoms with Gasteiger partial charge in [0.2, 0.25) is 5.91 Å². The van der Waals surface area contributed by atoms with Gasteiger partial charge in [0.15, 0.2) is 5.78 Å². The molecule has 1 saturated heterocycles. The van der Waals surface area contributed by atoms with Gasteiger partial charge in [0.05, 0.1) is 6.54 Å². The van der Waals surface area contributed by atoms with E-state index < -0.39 is 0 Å². The van der Waals surface area contributed by atoms with Crippen LogP contribution in [0, 0.1) is 0 Å². The fraction of sp³-hybridized carbons (Fsp3) is 0.385. The molecule has 0 bridgehead atoms. The molecule has 1 aliphatic rings. The van der Waals surface area contributed by atoms with Crippen molar-refractivity contribution in [3.8, 4) is 0 Å². The summed E-state index contributed by atoms with van der Waals surface area (Å²) in [5.74, 6) is 0.149. The summed E-state index contributed by atoms with van der Waals surface area (Å²) in [6.07, 6.45) is 0. The van der Waals surface area contributed by atoms with Crippen LogP contribution in [-0.2, 0) is 4.79 Å². The molecule has 0 aromatic heterocycles. The normalized spacial score (nSPS) is 16.1. The maximum Gasteiger partial charge on any atom is 0.241 e. The van der Waals surface area contributed by atoms with Crippen molar-refractivity contribution in [1.82, 2.24) is 4.90 Å². The van der Waals surface area contributed by atoms with Gasteiger partial charge in [-0.25, -0.2) is 0 Å². The van der Waals surface area contributed by atoms with Crippen molar-refractivity contribution in [2.45, 2.75) is 6.92 Å². The zero-order valence-corrected chi connectivity index (χ0v) is 12.0. The number of hydrogen-bond donors (Lipinski definition) is 0. The van der Waals surface area contributed by atoms with Gasteiger partial charge in [-0.15, -0.1) is 0 Å². The predicted molar refractivity (Wildman–Crippen MR) is 74.0 cm³/mol. The third-order valence-corrected chi connectivity index (χ3v) is 3.81. The number of hydrogen-bond acceptors (Lipinski definition) is 3. The number of amides is 1. The van der Waals surface area contributed by atoms with E-state index in [1.807, 2.05) is 24.1 Å². The zero-order valence-electron chi connectivity index (χ0n) is 10.4. The monoisotopic (exact) mass is 310 g/mol. The standard InChI is InChI=1S/C13H15BrN2O2/c1-9(17)11-4-3-10(7-12(11)14)16-6-5-15(2)13(18)8-16/h3-4,7H,5-6,8H2,1-2H3. The summed E-state index contributed by atoms with van der Waals surface area (Å²) in [5, 5.41) is 0. The molecule has 0 aliphatic carbocycles. The molecule has 0 N–H and O–H groups in total. The molecule has 1 aliphatic heterocycles. The number of benzene rings is 1. The third kappa shape index (κ3) is 2.56. The molecule has 96 valence electrons. The second-order valence-electron chi connectivity index (χ2n) is 4.46. The lowest BCUT2D eigenvalue weighted by molar-refractivity contribution is -0.129. The van der Waals surface area contributed by atoms with Crippen LogP contribution in [0.1, 0.15) is 17.3 Å². The minimum Gasteiger partial charge on any atom is -0.360 e.